The van der Waals surface area contributed by atoms with Crippen LogP contribution in [-0.2, 0) is 0 Å². The zero-order chi connectivity index (χ0) is 10.8. The highest BCUT2D eigenvalue weighted by atomic mass is 16.5. The standard InChI is InChI=1S/C13H11NO/c1-9-5-12(15-2)7-11-6-10(8-14)3-4-13(9)11/h3-7H,1-2H3. The van der Waals surface area contributed by atoms with Gasteiger partial charge in [0, 0.05) is 0 Å². The smallest absolute Gasteiger partial charge is 0.119 e. The second-order valence-corrected chi connectivity index (χ2v) is 3.49. The summed E-state index contributed by atoms with van der Waals surface area (Å²) in [4.78, 5) is 0. The van der Waals surface area contributed by atoms with Gasteiger partial charge in [-0.05, 0) is 47.5 Å². The molecule has 0 fully saturated rings. The van der Waals surface area contributed by atoms with E-state index in [1.165, 1.54) is 0 Å². The molecule has 0 unspecified atom stereocenters. The molecule has 2 aromatic rings. The summed E-state index contributed by atoms with van der Waals surface area (Å²) in [5.74, 6) is 0.829. The SMILES string of the molecule is COc1cc(C)c2ccc(C#N)cc2c1. The molecular formula is C13H11NO. The summed E-state index contributed by atoms with van der Waals surface area (Å²) < 4.78 is 5.19. The maximum absolute atomic E-state index is 8.81. The zero-order valence-corrected chi connectivity index (χ0v) is 8.74. The molecule has 0 heterocycles. The van der Waals surface area contributed by atoms with Crippen LogP contribution in [0.2, 0.25) is 0 Å². The Labute approximate surface area is 88.7 Å². The number of nitrogens with zero attached hydrogens (tertiary/aromatic N) is 1. The van der Waals surface area contributed by atoms with Crippen LogP contribution in [0.4, 0.5) is 0 Å². The van der Waals surface area contributed by atoms with Crippen molar-refractivity contribution in [1.29, 1.82) is 5.26 Å². The first-order valence-corrected chi connectivity index (χ1v) is 4.73. The maximum atomic E-state index is 8.81. The molecule has 0 radical (unpaired) electrons. The minimum atomic E-state index is 0.676. The van der Waals surface area contributed by atoms with Gasteiger partial charge in [0.05, 0.1) is 18.7 Å². The molecule has 0 spiro atoms. The summed E-state index contributed by atoms with van der Waals surface area (Å²) in [5.41, 5.74) is 1.84. The van der Waals surface area contributed by atoms with Gasteiger partial charge in [0.15, 0.2) is 0 Å². The number of hydrogen-bond acceptors (Lipinski definition) is 2. The second kappa shape index (κ2) is 3.62. The molecule has 2 aromatic carbocycles. The first-order chi connectivity index (χ1) is 7.24. The van der Waals surface area contributed by atoms with Crippen LogP contribution < -0.4 is 4.74 Å². The number of ether oxygens (including phenoxy) is 1. The van der Waals surface area contributed by atoms with Gasteiger partial charge in [-0.2, -0.15) is 5.26 Å². The second-order valence-electron chi connectivity index (χ2n) is 3.49. The maximum Gasteiger partial charge on any atom is 0.119 e. The third-order valence-electron chi connectivity index (χ3n) is 2.50. The molecule has 0 aliphatic heterocycles. The van der Waals surface area contributed by atoms with Crippen molar-refractivity contribution in [2.24, 2.45) is 0 Å². The van der Waals surface area contributed by atoms with Crippen molar-refractivity contribution < 1.29 is 4.74 Å². The molecule has 0 aliphatic rings. The lowest BCUT2D eigenvalue weighted by molar-refractivity contribution is 0.415. The Bertz CT molecular complexity index is 552. The van der Waals surface area contributed by atoms with E-state index in [2.05, 4.69) is 6.07 Å². The first-order valence-electron chi connectivity index (χ1n) is 4.73. The molecule has 0 saturated carbocycles. The van der Waals surface area contributed by atoms with Crippen LogP contribution in [-0.4, -0.2) is 7.11 Å². The van der Waals surface area contributed by atoms with Crippen molar-refractivity contribution in [3.05, 3.63) is 41.5 Å². The average molecular weight is 197 g/mol. The molecular weight excluding hydrogens is 186 g/mol. The minimum Gasteiger partial charge on any atom is -0.497 e. The highest BCUT2D eigenvalue weighted by Crippen LogP contribution is 2.25. The Hall–Kier alpha value is -2.01. The van der Waals surface area contributed by atoms with Crippen LogP contribution in [0, 0.1) is 18.3 Å². The predicted molar refractivity (Wildman–Crippen MR) is 60.0 cm³/mol. The van der Waals surface area contributed by atoms with Gasteiger partial charge in [0.1, 0.15) is 5.75 Å². The summed E-state index contributed by atoms with van der Waals surface area (Å²) in [7, 11) is 1.65. The van der Waals surface area contributed by atoms with E-state index >= 15 is 0 Å². The van der Waals surface area contributed by atoms with Crippen LogP contribution in [0.3, 0.4) is 0 Å². The minimum absolute atomic E-state index is 0.676. The molecule has 2 nitrogen and oxygen atoms in total. The molecule has 0 amide bonds. The van der Waals surface area contributed by atoms with Crippen LogP contribution in [0.25, 0.3) is 10.8 Å². The van der Waals surface area contributed by atoms with Crippen molar-refractivity contribution in [1.82, 2.24) is 0 Å². The van der Waals surface area contributed by atoms with Crippen LogP contribution in [0.15, 0.2) is 30.3 Å². The van der Waals surface area contributed by atoms with E-state index < -0.39 is 0 Å². The lowest BCUT2D eigenvalue weighted by Crippen LogP contribution is -1.86. The van der Waals surface area contributed by atoms with Gasteiger partial charge in [-0.3, -0.25) is 0 Å². The van der Waals surface area contributed by atoms with Crippen LogP contribution >= 0.6 is 0 Å². The van der Waals surface area contributed by atoms with Crippen LogP contribution in [0.1, 0.15) is 11.1 Å². The van der Waals surface area contributed by atoms with Crippen molar-refractivity contribution in [3.8, 4) is 11.8 Å². The fraction of sp³-hybridized carbons (Fsp3) is 0.154. The van der Waals surface area contributed by atoms with E-state index in [4.69, 9.17) is 10.00 Å². The van der Waals surface area contributed by atoms with E-state index in [-0.39, 0.29) is 0 Å². The molecule has 0 saturated heterocycles. The quantitative estimate of drug-likeness (QED) is 0.704. The van der Waals surface area contributed by atoms with Crippen molar-refractivity contribution in [3.63, 3.8) is 0 Å². The number of nitriles is 1. The number of methoxy groups -OCH3 is 1. The van der Waals surface area contributed by atoms with Gasteiger partial charge >= 0.3 is 0 Å². The number of fused-ring (bicyclic) bond motifs is 1. The fourth-order valence-corrected chi connectivity index (χ4v) is 1.71. The molecule has 74 valence electrons. The monoisotopic (exact) mass is 197 g/mol. The number of benzene rings is 2. The topological polar surface area (TPSA) is 33.0 Å². The van der Waals surface area contributed by atoms with Gasteiger partial charge in [-0.1, -0.05) is 6.07 Å². The molecule has 2 heteroatoms. The normalized spacial score (nSPS) is 9.93. The molecule has 0 atom stereocenters. The number of aryl methyl sites for hydroxylation is 1. The van der Waals surface area contributed by atoms with E-state index in [9.17, 15) is 0 Å². The Balaban J connectivity index is 2.76. The lowest BCUT2D eigenvalue weighted by atomic mass is 10.0. The predicted octanol–water partition coefficient (Wildman–Crippen LogP) is 3.03. The lowest BCUT2D eigenvalue weighted by Gasteiger charge is -2.06. The fourth-order valence-electron chi connectivity index (χ4n) is 1.71. The number of rotatable bonds is 1. The molecule has 0 aromatic heterocycles. The van der Waals surface area contributed by atoms with E-state index in [0.717, 1.165) is 22.1 Å². The third-order valence-corrected chi connectivity index (χ3v) is 2.50. The van der Waals surface area contributed by atoms with Gasteiger partial charge in [0.25, 0.3) is 0 Å². The Morgan fingerprint density at radius 3 is 2.67 bits per heavy atom. The van der Waals surface area contributed by atoms with E-state index in [1.807, 2.05) is 37.3 Å². The average Bonchev–Trinajstić information content (AvgIpc) is 2.28. The summed E-state index contributed by atoms with van der Waals surface area (Å²) in [6.45, 7) is 2.04. The Kier molecular flexibility index (Phi) is 2.31. The molecule has 15 heavy (non-hydrogen) atoms. The Morgan fingerprint density at radius 2 is 2.00 bits per heavy atom. The first kappa shape index (κ1) is 9.54. The van der Waals surface area contributed by atoms with Gasteiger partial charge in [-0.25, -0.2) is 0 Å². The zero-order valence-electron chi connectivity index (χ0n) is 8.74. The Morgan fingerprint density at radius 1 is 1.20 bits per heavy atom. The summed E-state index contributed by atoms with van der Waals surface area (Å²) in [6, 6.07) is 11.8. The number of hydrogen-bond donors (Lipinski definition) is 0. The highest BCUT2D eigenvalue weighted by molar-refractivity contribution is 5.88. The van der Waals surface area contributed by atoms with E-state index in [1.54, 1.807) is 7.11 Å². The van der Waals surface area contributed by atoms with Gasteiger partial charge in [0.2, 0.25) is 0 Å². The van der Waals surface area contributed by atoms with Crippen molar-refractivity contribution >= 4 is 10.8 Å². The van der Waals surface area contributed by atoms with Crippen molar-refractivity contribution in [2.75, 3.05) is 7.11 Å². The summed E-state index contributed by atoms with van der Waals surface area (Å²) >= 11 is 0. The largest absolute Gasteiger partial charge is 0.497 e. The van der Waals surface area contributed by atoms with Crippen molar-refractivity contribution in [2.45, 2.75) is 6.92 Å². The summed E-state index contributed by atoms with van der Waals surface area (Å²) in [5, 5.41) is 11.0. The van der Waals surface area contributed by atoms with Gasteiger partial charge in [-0.15, -0.1) is 0 Å². The molecule has 0 bridgehead atoms. The molecule has 0 aliphatic carbocycles. The van der Waals surface area contributed by atoms with Gasteiger partial charge < -0.3 is 4.74 Å². The van der Waals surface area contributed by atoms with Crippen LogP contribution in [0.5, 0.6) is 5.75 Å². The third kappa shape index (κ3) is 1.64. The molecule has 2 rings (SSSR count). The molecule has 0 N–H and O–H groups in total. The summed E-state index contributed by atoms with van der Waals surface area (Å²) in [6.07, 6.45) is 0. The van der Waals surface area contributed by atoms with E-state index in [0.29, 0.717) is 5.56 Å². The highest BCUT2D eigenvalue weighted by Gasteiger charge is 2.02.